The Kier molecular flexibility index (Phi) is 11.0. The lowest BCUT2D eigenvalue weighted by molar-refractivity contribution is 0.231. The molecular formula is C20H32IN5O. The van der Waals surface area contributed by atoms with Crippen molar-refractivity contribution < 1.29 is 4.42 Å². The molecule has 6 nitrogen and oxygen atoms in total. The first-order valence-corrected chi connectivity index (χ1v) is 9.43. The summed E-state index contributed by atoms with van der Waals surface area (Å²) in [4.78, 5) is 11.6. The van der Waals surface area contributed by atoms with Crippen molar-refractivity contribution in [1.29, 1.82) is 0 Å². The Labute approximate surface area is 179 Å². The van der Waals surface area contributed by atoms with Crippen LogP contribution >= 0.6 is 24.0 Å². The van der Waals surface area contributed by atoms with Crippen LogP contribution in [0.15, 0.2) is 46.0 Å². The van der Waals surface area contributed by atoms with E-state index in [1.165, 1.54) is 0 Å². The van der Waals surface area contributed by atoms with Crippen LogP contribution in [0.1, 0.15) is 33.4 Å². The van der Waals surface area contributed by atoms with E-state index in [0.29, 0.717) is 18.5 Å². The third-order valence-electron chi connectivity index (χ3n) is 4.32. The molecule has 2 N–H and O–H groups in total. The van der Waals surface area contributed by atoms with Gasteiger partial charge in [-0.25, -0.2) is 9.98 Å². The van der Waals surface area contributed by atoms with E-state index in [1.807, 2.05) is 30.3 Å². The summed E-state index contributed by atoms with van der Waals surface area (Å²) in [5, 5.41) is 6.70. The number of hydrogen-bond acceptors (Lipinski definition) is 4. The van der Waals surface area contributed by atoms with E-state index in [2.05, 4.69) is 53.2 Å². The van der Waals surface area contributed by atoms with Gasteiger partial charge in [-0.05, 0) is 39.1 Å². The van der Waals surface area contributed by atoms with E-state index in [0.717, 1.165) is 43.4 Å². The van der Waals surface area contributed by atoms with Gasteiger partial charge in [-0.1, -0.05) is 32.0 Å². The van der Waals surface area contributed by atoms with Crippen LogP contribution in [0.4, 0.5) is 0 Å². The normalized spacial score (nSPS) is 12.6. The molecular weight excluding hydrogens is 453 g/mol. The monoisotopic (exact) mass is 485 g/mol. The maximum Gasteiger partial charge on any atom is 0.226 e. The lowest BCUT2D eigenvalue weighted by Crippen LogP contribution is -2.46. The summed E-state index contributed by atoms with van der Waals surface area (Å²) in [5.74, 6) is 1.43. The van der Waals surface area contributed by atoms with Crippen molar-refractivity contribution in [1.82, 2.24) is 20.5 Å². The second-order valence-electron chi connectivity index (χ2n) is 6.16. The molecule has 150 valence electrons. The number of guanidine groups is 1. The molecule has 7 heteroatoms. The fraction of sp³-hybridized carbons (Fsp3) is 0.500. The van der Waals surface area contributed by atoms with Gasteiger partial charge in [-0.15, -0.1) is 24.0 Å². The van der Waals surface area contributed by atoms with Gasteiger partial charge in [0.2, 0.25) is 5.89 Å². The molecule has 0 saturated heterocycles. The fourth-order valence-electron chi connectivity index (χ4n) is 2.82. The molecule has 2 aromatic rings. The summed E-state index contributed by atoms with van der Waals surface area (Å²) < 4.78 is 5.57. The lowest BCUT2D eigenvalue weighted by atomic mass is 10.2. The topological polar surface area (TPSA) is 65.7 Å². The summed E-state index contributed by atoms with van der Waals surface area (Å²) in [7, 11) is 0. The number of nitrogens with zero attached hydrogens (tertiary/aromatic N) is 3. The highest BCUT2D eigenvalue weighted by Gasteiger charge is 2.11. The first-order valence-electron chi connectivity index (χ1n) is 9.43. The van der Waals surface area contributed by atoms with Crippen molar-refractivity contribution in [3.8, 4) is 11.5 Å². The van der Waals surface area contributed by atoms with Crippen LogP contribution in [0.2, 0.25) is 0 Å². The Morgan fingerprint density at radius 3 is 2.48 bits per heavy atom. The molecule has 0 aliphatic rings. The third-order valence-corrected chi connectivity index (χ3v) is 4.32. The molecule has 1 aromatic heterocycles. The molecule has 1 aromatic carbocycles. The first kappa shape index (κ1) is 23.4. The number of hydrogen-bond donors (Lipinski definition) is 2. The highest BCUT2D eigenvalue weighted by atomic mass is 127. The van der Waals surface area contributed by atoms with Crippen molar-refractivity contribution >= 4 is 29.9 Å². The molecule has 0 saturated carbocycles. The van der Waals surface area contributed by atoms with Gasteiger partial charge in [-0.3, -0.25) is 4.90 Å². The molecule has 0 radical (unpaired) electrons. The maximum atomic E-state index is 5.57. The number of aromatic nitrogens is 1. The number of likely N-dealkylation sites (N-methyl/N-ethyl adjacent to an activating group) is 1. The van der Waals surface area contributed by atoms with Crippen molar-refractivity contribution in [3.63, 3.8) is 0 Å². The van der Waals surface area contributed by atoms with Gasteiger partial charge in [0.15, 0.2) is 5.96 Å². The molecule has 1 unspecified atom stereocenters. The molecule has 2 rings (SSSR count). The van der Waals surface area contributed by atoms with Crippen LogP contribution < -0.4 is 10.6 Å². The van der Waals surface area contributed by atoms with E-state index < -0.39 is 0 Å². The van der Waals surface area contributed by atoms with Crippen LogP contribution in [0.3, 0.4) is 0 Å². The van der Waals surface area contributed by atoms with Crippen molar-refractivity contribution in [2.75, 3.05) is 26.2 Å². The van der Waals surface area contributed by atoms with E-state index >= 15 is 0 Å². The van der Waals surface area contributed by atoms with Crippen molar-refractivity contribution in [2.45, 2.75) is 40.3 Å². The van der Waals surface area contributed by atoms with E-state index in [9.17, 15) is 0 Å². The second kappa shape index (κ2) is 12.7. The summed E-state index contributed by atoms with van der Waals surface area (Å²) in [6.07, 6.45) is 1.67. The van der Waals surface area contributed by atoms with E-state index in [1.54, 1.807) is 6.26 Å². The standard InChI is InChI=1S/C20H31N5O.HI/c1-5-21-20(22-13-16(4)25(6-2)7-3)23-14-18-15-26-19(24-18)17-11-9-8-10-12-17;/h8-12,15-16H,5-7,13-14H2,1-4H3,(H2,21,22,23);1H. The zero-order chi connectivity index (χ0) is 18.8. The predicted molar refractivity (Wildman–Crippen MR) is 123 cm³/mol. The molecule has 0 aliphatic heterocycles. The smallest absolute Gasteiger partial charge is 0.226 e. The molecule has 0 spiro atoms. The average molecular weight is 485 g/mol. The fourth-order valence-corrected chi connectivity index (χ4v) is 2.82. The van der Waals surface area contributed by atoms with Gasteiger partial charge in [0, 0.05) is 24.7 Å². The maximum absolute atomic E-state index is 5.57. The van der Waals surface area contributed by atoms with Crippen LogP contribution in [0.25, 0.3) is 11.5 Å². The summed E-state index contributed by atoms with van der Waals surface area (Å²) >= 11 is 0. The summed E-state index contributed by atoms with van der Waals surface area (Å²) in [6, 6.07) is 10.3. The van der Waals surface area contributed by atoms with Gasteiger partial charge in [0.05, 0.1) is 6.54 Å². The van der Waals surface area contributed by atoms with E-state index in [4.69, 9.17) is 4.42 Å². The van der Waals surface area contributed by atoms with Crippen molar-refractivity contribution in [3.05, 3.63) is 42.3 Å². The minimum atomic E-state index is 0. The van der Waals surface area contributed by atoms with Gasteiger partial charge in [0.1, 0.15) is 12.0 Å². The molecule has 0 fully saturated rings. The number of nitrogens with one attached hydrogen (secondary N) is 2. The number of benzene rings is 1. The SMILES string of the molecule is CCNC(=NCc1coc(-c2ccccc2)n1)NCC(C)N(CC)CC.I. The van der Waals surface area contributed by atoms with Gasteiger partial charge in [0.25, 0.3) is 0 Å². The van der Waals surface area contributed by atoms with Gasteiger partial charge in [-0.2, -0.15) is 0 Å². The highest BCUT2D eigenvalue weighted by molar-refractivity contribution is 14.0. The highest BCUT2D eigenvalue weighted by Crippen LogP contribution is 2.18. The van der Waals surface area contributed by atoms with Crippen molar-refractivity contribution in [2.24, 2.45) is 4.99 Å². The van der Waals surface area contributed by atoms with Crippen LogP contribution in [-0.2, 0) is 6.54 Å². The van der Waals surface area contributed by atoms with Crippen LogP contribution in [0, 0.1) is 0 Å². The first-order chi connectivity index (χ1) is 12.7. The van der Waals surface area contributed by atoms with Crippen LogP contribution in [-0.4, -0.2) is 48.1 Å². The van der Waals surface area contributed by atoms with Crippen LogP contribution in [0.5, 0.6) is 0 Å². The number of halogens is 1. The largest absolute Gasteiger partial charge is 0.444 e. The Hall–Kier alpha value is -1.61. The third kappa shape index (κ3) is 7.50. The number of aliphatic imine (C=N–C) groups is 1. The average Bonchev–Trinajstić information content (AvgIpc) is 3.15. The quantitative estimate of drug-likeness (QED) is 0.322. The minimum absolute atomic E-state index is 0. The van der Waals surface area contributed by atoms with Gasteiger partial charge >= 0.3 is 0 Å². The Bertz CT molecular complexity index is 670. The minimum Gasteiger partial charge on any atom is -0.444 e. The number of rotatable bonds is 9. The molecule has 0 amide bonds. The molecule has 1 heterocycles. The number of oxazole rings is 1. The lowest BCUT2D eigenvalue weighted by Gasteiger charge is -2.27. The second-order valence-corrected chi connectivity index (χ2v) is 6.16. The molecule has 27 heavy (non-hydrogen) atoms. The zero-order valence-electron chi connectivity index (χ0n) is 16.7. The zero-order valence-corrected chi connectivity index (χ0v) is 19.1. The molecule has 0 aliphatic carbocycles. The summed E-state index contributed by atoms with van der Waals surface area (Å²) in [5.41, 5.74) is 1.79. The molecule has 1 atom stereocenters. The molecule has 0 bridgehead atoms. The Morgan fingerprint density at radius 1 is 1.15 bits per heavy atom. The predicted octanol–water partition coefficient (Wildman–Crippen LogP) is 3.75. The van der Waals surface area contributed by atoms with Gasteiger partial charge < -0.3 is 15.1 Å². The Morgan fingerprint density at radius 2 is 1.85 bits per heavy atom. The Balaban J connectivity index is 0.00000364. The summed E-state index contributed by atoms with van der Waals surface area (Å²) in [6.45, 7) is 12.9. The van der Waals surface area contributed by atoms with E-state index in [-0.39, 0.29) is 24.0 Å².